The largest absolute Gasteiger partial charge is 0 e. The second-order valence-electron chi connectivity index (χ2n) is 17.1. The zero-order chi connectivity index (χ0) is 43.6. The van der Waals surface area contributed by atoms with Gasteiger partial charge in [0, 0.05) is 44.8 Å². The Morgan fingerprint density at radius 1 is 0.717 bits per heavy atom. The van der Waals surface area contributed by atoms with E-state index in [4.69, 9.17) is 17.7 Å². The van der Waals surface area contributed by atoms with Gasteiger partial charge in [0.05, 0.1) is 0 Å². The number of pyridine rings is 3. The molecule has 1 atom stereocenters. The number of hydrogen-bond donors (Lipinski definition) is 0. The minimum Gasteiger partial charge on any atom is 0 e. The summed E-state index contributed by atoms with van der Waals surface area (Å²) in [6.45, 7) is 5.98. The fourth-order valence-corrected chi connectivity index (χ4v) is 12.3. The number of fused-ring (bicyclic) bond motifs is 3. The van der Waals surface area contributed by atoms with Crippen LogP contribution in [0.1, 0.15) is 74.0 Å². The molecule has 9 rings (SSSR count). The van der Waals surface area contributed by atoms with Crippen molar-refractivity contribution in [3.05, 3.63) is 157 Å². The van der Waals surface area contributed by atoms with Gasteiger partial charge in [-0.2, -0.15) is 11.3 Å². The molecule has 0 N–H and O–H groups in total. The van der Waals surface area contributed by atoms with Crippen molar-refractivity contribution in [3.63, 3.8) is 0 Å². The van der Waals surface area contributed by atoms with E-state index in [1.165, 1.54) is 35.6 Å². The number of rotatable bonds is 9. The molecule has 0 saturated heterocycles. The molecular weight excluding hydrogens is 988 g/mol. The summed E-state index contributed by atoms with van der Waals surface area (Å²) in [4.78, 5) is 15.3. The topological polar surface area (TPSA) is 38.7 Å². The smallest absolute Gasteiger partial charge is 0 e. The first-order valence-corrected chi connectivity index (χ1v) is 29.2. The van der Waals surface area contributed by atoms with Crippen LogP contribution in [0.4, 0.5) is 0 Å². The number of nitrogens with zero attached hydrogens (tertiary/aromatic N) is 3. The van der Waals surface area contributed by atoms with E-state index in [9.17, 15) is 1.37 Å². The average molecular weight is 1050 g/mol. The Morgan fingerprint density at radius 3 is 2.12 bits per heavy atom. The van der Waals surface area contributed by atoms with Crippen LogP contribution in [0, 0.1) is 24.0 Å². The Kier molecular flexibility index (Phi) is 13.0. The van der Waals surface area contributed by atoms with Crippen molar-refractivity contribution in [2.24, 2.45) is 11.8 Å². The van der Waals surface area contributed by atoms with E-state index < -0.39 is 25.5 Å². The zero-order valence-electron chi connectivity index (χ0n) is 38.5. The molecule has 0 amide bonds. The molecule has 4 heterocycles. The van der Waals surface area contributed by atoms with Gasteiger partial charge in [-0.05, 0) is 52.7 Å². The minimum atomic E-state index is -2.28. The SMILES string of the molecule is [2H]C(C)(c1ccnc(-c2[c-]ccc3c2sc2ncc(-c4ccccc4)cc23)c1)C1CCCCC1.[2H]C([2H])(c1cc(-c2[c-]ccc(-c3ccccc3)c2)nc[c]1[Ge]([CH3])([CH3])[CH3])C(C)C.[Ir]. The maximum atomic E-state index is 9.23. The summed E-state index contributed by atoms with van der Waals surface area (Å²) in [6.07, 6.45) is 10.4. The molecule has 4 aromatic carbocycles. The molecule has 1 unspecified atom stereocenters. The molecule has 0 aliphatic heterocycles. The van der Waals surface area contributed by atoms with Gasteiger partial charge in [0.15, 0.2) is 0 Å². The average Bonchev–Trinajstić information content (AvgIpc) is 3.68. The van der Waals surface area contributed by atoms with Gasteiger partial charge in [-0.1, -0.05) is 73.5 Å². The van der Waals surface area contributed by atoms with Crippen molar-refractivity contribution >= 4 is 49.3 Å². The number of thiophene rings is 1. The quantitative estimate of drug-likeness (QED) is 0.107. The summed E-state index contributed by atoms with van der Waals surface area (Å²) in [5.41, 5.74) is 10.0. The van der Waals surface area contributed by atoms with E-state index >= 15 is 0 Å². The monoisotopic (exact) mass is 1050 g/mol. The third-order valence-corrected chi connectivity index (χ3v) is 16.8. The van der Waals surface area contributed by atoms with Gasteiger partial charge < -0.3 is 4.98 Å². The Bertz CT molecular complexity index is 2810. The first-order valence-electron chi connectivity index (χ1n) is 22.6. The summed E-state index contributed by atoms with van der Waals surface area (Å²) in [7, 11) is 0. The summed E-state index contributed by atoms with van der Waals surface area (Å²) in [5, 5.41) is 2.35. The molecule has 60 heavy (non-hydrogen) atoms. The standard InChI is InChI=1S/C30H27N2S.C24H28GeN.Ir/c1-20(21-9-4-2-5-10-21)23-15-16-31-28(18-23)26-14-8-13-25-27-17-24(22-11-6-3-7-12-22)19-32-30(27)33-29(25)26;1-18(2)14-22-16-24(26-17-23(22)25(3,4)5)21-13-9-12-20(15-21)19-10-7-6-8-11-19;/h3,6-8,11-13,15-21H,2,4-5,9-10H2,1H3;6-12,15-18H,14H2,1-5H3;/q2*-1;/i20D;14D2;. The molecule has 307 valence electrons. The van der Waals surface area contributed by atoms with E-state index in [0.29, 0.717) is 5.92 Å². The summed E-state index contributed by atoms with van der Waals surface area (Å²) in [5.74, 6) is 6.57. The van der Waals surface area contributed by atoms with Crippen LogP contribution in [0.25, 0.3) is 65.1 Å². The van der Waals surface area contributed by atoms with Crippen molar-refractivity contribution in [3.8, 4) is 44.8 Å². The van der Waals surface area contributed by atoms with Gasteiger partial charge in [-0.15, -0.1) is 23.8 Å². The molecule has 3 nitrogen and oxygen atoms in total. The molecule has 8 aromatic rings. The predicted octanol–water partition coefficient (Wildman–Crippen LogP) is 14.6. The zero-order valence-corrected chi connectivity index (χ0v) is 40.8. The molecule has 6 heteroatoms. The van der Waals surface area contributed by atoms with Crippen LogP contribution >= 0.6 is 11.3 Å². The van der Waals surface area contributed by atoms with Gasteiger partial charge in [-0.3, -0.25) is 0 Å². The van der Waals surface area contributed by atoms with E-state index in [1.54, 1.807) is 11.3 Å². The third-order valence-electron chi connectivity index (χ3n) is 11.4. The molecule has 1 aliphatic carbocycles. The van der Waals surface area contributed by atoms with Crippen molar-refractivity contribution in [1.82, 2.24) is 15.0 Å². The maximum absolute atomic E-state index is 9.23. The molecule has 1 aliphatic rings. The number of benzene rings is 4. The second kappa shape index (κ2) is 19.6. The van der Waals surface area contributed by atoms with Crippen molar-refractivity contribution in [2.75, 3.05) is 0 Å². The van der Waals surface area contributed by atoms with Crippen LogP contribution in [-0.4, -0.2) is 28.2 Å². The minimum absolute atomic E-state index is 0. The van der Waals surface area contributed by atoms with E-state index in [1.807, 2.05) is 87.0 Å². The molecule has 1 fully saturated rings. The van der Waals surface area contributed by atoms with Crippen LogP contribution in [0.15, 0.2) is 134 Å². The van der Waals surface area contributed by atoms with Crippen molar-refractivity contribution in [1.29, 1.82) is 0 Å². The van der Waals surface area contributed by atoms with Crippen LogP contribution in [0.3, 0.4) is 0 Å². The number of hydrogen-bond acceptors (Lipinski definition) is 4. The van der Waals surface area contributed by atoms with Gasteiger partial charge in [0.2, 0.25) is 0 Å². The number of aromatic nitrogens is 3. The Morgan fingerprint density at radius 2 is 1.42 bits per heavy atom. The molecule has 0 bridgehead atoms. The predicted molar refractivity (Wildman–Crippen MR) is 255 cm³/mol. The van der Waals surface area contributed by atoms with Gasteiger partial charge >= 0.3 is 164 Å². The van der Waals surface area contributed by atoms with Crippen LogP contribution in [-0.2, 0) is 26.5 Å². The fraction of sp³-hybridized carbons (Fsp3) is 0.278. The molecule has 0 spiro atoms. The second-order valence-corrected chi connectivity index (χ2v) is 28.7. The maximum Gasteiger partial charge on any atom is 0 e. The normalized spacial score (nSPS) is 15.3. The first-order chi connectivity index (χ1) is 29.7. The summed E-state index contributed by atoms with van der Waals surface area (Å²) >= 11 is -0.578. The van der Waals surface area contributed by atoms with E-state index in [-0.39, 0.29) is 26.0 Å². The molecule has 1 saturated carbocycles. The van der Waals surface area contributed by atoms with Crippen molar-refractivity contribution in [2.45, 2.75) is 82.4 Å². The van der Waals surface area contributed by atoms with Gasteiger partial charge in [-0.25, -0.2) is 4.98 Å². The molecule has 4 aromatic heterocycles. The van der Waals surface area contributed by atoms with Crippen LogP contribution < -0.4 is 4.40 Å². The first kappa shape index (κ1) is 39.9. The van der Waals surface area contributed by atoms with Crippen LogP contribution in [0.2, 0.25) is 17.3 Å². The Balaban J connectivity index is 0.000000190. The Hall–Kier alpha value is -4.26. The Labute approximate surface area is 382 Å². The van der Waals surface area contributed by atoms with Crippen molar-refractivity contribution < 1.29 is 24.2 Å². The van der Waals surface area contributed by atoms with Gasteiger partial charge in [0.25, 0.3) is 0 Å². The van der Waals surface area contributed by atoms with E-state index in [2.05, 4.69) is 97.0 Å². The summed E-state index contributed by atoms with van der Waals surface area (Å²) < 4.78 is 29.0. The van der Waals surface area contributed by atoms with Gasteiger partial charge in [0.1, 0.15) is 4.83 Å². The summed E-state index contributed by atoms with van der Waals surface area (Å²) in [6, 6.07) is 45.9. The third kappa shape index (κ3) is 10.1. The fourth-order valence-electron chi connectivity index (χ4n) is 8.24. The van der Waals surface area contributed by atoms with Crippen LogP contribution in [0.5, 0.6) is 0 Å². The van der Waals surface area contributed by atoms with E-state index in [0.717, 1.165) is 77.1 Å². The molecule has 1 radical (unpaired) electrons. The molecular formula is C54H55GeIrN3S-2.